The Balaban J connectivity index is 2.35. The number of para-hydroxylation sites is 1. The molecule has 8 heteroatoms. The molecule has 0 saturated carbocycles. The van der Waals surface area contributed by atoms with E-state index >= 15 is 0 Å². The van der Waals surface area contributed by atoms with Crippen LogP contribution in [0.25, 0.3) is 0 Å². The molecule has 0 heterocycles. The van der Waals surface area contributed by atoms with Gasteiger partial charge in [-0.3, -0.25) is 14.4 Å². The summed E-state index contributed by atoms with van der Waals surface area (Å²) >= 11 is 0. The van der Waals surface area contributed by atoms with Crippen molar-refractivity contribution in [2.24, 2.45) is 5.92 Å². The van der Waals surface area contributed by atoms with Gasteiger partial charge in [0.25, 0.3) is 16.8 Å². The highest BCUT2D eigenvalue weighted by molar-refractivity contribution is 5.99. The topological polar surface area (TPSA) is 119 Å². The number of carbonyl (C=O) groups excluding carboxylic acids is 1. The number of aliphatic hydroxyl groups is 1. The second-order valence-corrected chi connectivity index (χ2v) is 6.61. The van der Waals surface area contributed by atoms with E-state index in [2.05, 4.69) is 10.6 Å². The van der Waals surface area contributed by atoms with Crippen LogP contribution in [0.4, 0.5) is 17.1 Å². The lowest BCUT2D eigenvalue weighted by Crippen LogP contribution is -2.41. The Morgan fingerprint density at radius 3 is 2.31 bits per heavy atom. The van der Waals surface area contributed by atoms with Crippen molar-refractivity contribution in [2.75, 3.05) is 31.3 Å². The number of carbonyl (C=O) groups is 1. The van der Waals surface area contributed by atoms with Gasteiger partial charge in [0, 0.05) is 14.1 Å². The first kappa shape index (κ1) is 19.5. The number of phenols is 1. The van der Waals surface area contributed by atoms with Crippen molar-refractivity contribution in [2.45, 2.75) is 19.9 Å². The lowest BCUT2D eigenvalue weighted by Gasteiger charge is -2.24. The summed E-state index contributed by atoms with van der Waals surface area (Å²) in [5.41, 5.74) is -1.14. The molecule has 0 aliphatic carbocycles. The molecule has 0 aliphatic heterocycles. The average Bonchev–Trinajstić information content (AvgIpc) is 2.60. The van der Waals surface area contributed by atoms with Crippen LogP contribution in [0, 0.1) is 5.92 Å². The van der Waals surface area contributed by atoms with Crippen LogP contribution in [-0.4, -0.2) is 47.8 Å². The molecule has 2 aromatic rings. The molecular weight excluding hydrogens is 338 g/mol. The molecule has 1 amide bonds. The molecule has 0 spiro atoms. The molecule has 140 valence electrons. The highest BCUT2D eigenvalue weighted by Crippen LogP contribution is 2.32. The van der Waals surface area contributed by atoms with Gasteiger partial charge in [-0.2, -0.15) is 0 Å². The summed E-state index contributed by atoms with van der Waals surface area (Å²) in [5.74, 6) is -0.672. The minimum atomic E-state index is -0.725. The number of nitrogens with zero attached hydrogens (tertiary/aromatic N) is 1. The zero-order valence-corrected chi connectivity index (χ0v) is 15.2. The van der Waals surface area contributed by atoms with Gasteiger partial charge in [0.1, 0.15) is 11.4 Å². The van der Waals surface area contributed by atoms with Gasteiger partial charge in [0.15, 0.2) is 5.75 Å². The maximum Gasteiger partial charge on any atom is 0.257 e. The first-order valence-electron chi connectivity index (χ1n) is 8.20. The minimum Gasteiger partial charge on any atom is -0.505 e. The number of aliphatic hydroxyl groups excluding tert-OH is 1. The molecule has 2 aromatic carbocycles. The summed E-state index contributed by atoms with van der Waals surface area (Å²) in [5, 5.41) is 25.3. The Hall–Kier alpha value is -2.87. The van der Waals surface area contributed by atoms with E-state index in [0.29, 0.717) is 0 Å². The standard InChI is InChI=1S/C18H23N3O5/c1-9(2)12(8-22)20-14-13(16(24)17(14)25)19-11-7-5-6-10(15(11)23)18(26)21(3)4/h5-7,9,12,19-20,22-23H,8H2,1-4H3/t12-/m1/s1. The molecule has 0 unspecified atom stereocenters. The lowest BCUT2D eigenvalue weighted by molar-refractivity contribution is 0.0824. The van der Waals surface area contributed by atoms with Gasteiger partial charge >= 0.3 is 0 Å². The first-order chi connectivity index (χ1) is 12.2. The first-order valence-corrected chi connectivity index (χ1v) is 8.20. The van der Waals surface area contributed by atoms with E-state index in [9.17, 15) is 24.6 Å². The molecular formula is C18H23N3O5. The molecule has 0 aliphatic rings. The van der Waals surface area contributed by atoms with Gasteiger partial charge in [-0.15, -0.1) is 0 Å². The summed E-state index contributed by atoms with van der Waals surface area (Å²) in [6, 6.07) is 4.12. The summed E-state index contributed by atoms with van der Waals surface area (Å²) in [6.45, 7) is 3.54. The molecule has 4 N–H and O–H groups in total. The van der Waals surface area contributed by atoms with Crippen molar-refractivity contribution in [3.8, 4) is 5.75 Å². The minimum absolute atomic E-state index is 0.00106. The molecule has 8 nitrogen and oxygen atoms in total. The van der Waals surface area contributed by atoms with Crippen LogP contribution in [0.3, 0.4) is 0 Å². The zero-order valence-electron chi connectivity index (χ0n) is 15.2. The van der Waals surface area contributed by atoms with Gasteiger partial charge in [0.2, 0.25) is 0 Å². The van der Waals surface area contributed by atoms with Gasteiger partial charge in [-0.05, 0) is 18.1 Å². The monoisotopic (exact) mass is 361 g/mol. The average molecular weight is 361 g/mol. The van der Waals surface area contributed by atoms with E-state index in [1.54, 1.807) is 20.2 Å². The smallest absolute Gasteiger partial charge is 0.257 e. The van der Waals surface area contributed by atoms with Crippen LogP contribution in [0.1, 0.15) is 24.2 Å². The van der Waals surface area contributed by atoms with E-state index in [4.69, 9.17) is 0 Å². The Bertz CT molecular complexity index is 882. The van der Waals surface area contributed by atoms with Crippen LogP contribution >= 0.6 is 0 Å². The van der Waals surface area contributed by atoms with Crippen LogP contribution < -0.4 is 21.5 Å². The number of nitrogens with one attached hydrogen (secondary N) is 2. The third-order valence-electron chi connectivity index (χ3n) is 4.17. The van der Waals surface area contributed by atoms with Crippen LogP contribution in [0.15, 0.2) is 27.8 Å². The van der Waals surface area contributed by atoms with E-state index in [0.717, 1.165) is 0 Å². The molecule has 0 saturated heterocycles. The van der Waals surface area contributed by atoms with Crippen molar-refractivity contribution in [1.82, 2.24) is 4.90 Å². The molecule has 0 bridgehead atoms. The Kier molecular flexibility index (Phi) is 5.66. The predicted octanol–water partition coefficient (Wildman–Crippen LogP) is 0.862. The second-order valence-electron chi connectivity index (χ2n) is 6.61. The molecule has 2 rings (SSSR count). The highest BCUT2D eigenvalue weighted by atomic mass is 16.3. The molecule has 0 fully saturated rings. The van der Waals surface area contributed by atoms with Crippen molar-refractivity contribution >= 4 is 23.0 Å². The van der Waals surface area contributed by atoms with Gasteiger partial charge < -0.3 is 25.7 Å². The number of hydrogen-bond acceptors (Lipinski definition) is 7. The normalized spacial score (nSPS) is 12.2. The van der Waals surface area contributed by atoms with E-state index in [-0.39, 0.29) is 40.9 Å². The van der Waals surface area contributed by atoms with E-state index < -0.39 is 22.8 Å². The fraction of sp³-hybridized carbons (Fsp3) is 0.389. The maximum atomic E-state index is 12.1. The number of hydrogen-bond donors (Lipinski definition) is 4. The van der Waals surface area contributed by atoms with Gasteiger partial charge in [0.05, 0.1) is 23.9 Å². The second kappa shape index (κ2) is 7.57. The largest absolute Gasteiger partial charge is 0.505 e. The molecule has 0 aromatic heterocycles. The van der Waals surface area contributed by atoms with E-state index in [1.165, 1.54) is 17.0 Å². The maximum absolute atomic E-state index is 12.1. The van der Waals surface area contributed by atoms with E-state index in [1.807, 2.05) is 13.8 Å². The molecule has 0 radical (unpaired) electrons. The predicted molar refractivity (Wildman–Crippen MR) is 100 cm³/mol. The third-order valence-corrected chi connectivity index (χ3v) is 4.17. The van der Waals surface area contributed by atoms with Crippen LogP contribution in [0.5, 0.6) is 5.75 Å². The van der Waals surface area contributed by atoms with Crippen molar-refractivity contribution < 1.29 is 15.0 Å². The Morgan fingerprint density at radius 2 is 1.77 bits per heavy atom. The summed E-state index contributed by atoms with van der Waals surface area (Å²) in [7, 11) is 3.11. The Morgan fingerprint density at radius 1 is 1.15 bits per heavy atom. The third kappa shape index (κ3) is 3.55. The zero-order chi connectivity index (χ0) is 19.6. The van der Waals surface area contributed by atoms with Crippen LogP contribution in [0.2, 0.25) is 0 Å². The number of amides is 1. The number of aromatic hydroxyl groups is 1. The van der Waals surface area contributed by atoms with Crippen LogP contribution in [-0.2, 0) is 0 Å². The summed E-state index contributed by atoms with van der Waals surface area (Å²) < 4.78 is 0. The lowest BCUT2D eigenvalue weighted by atomic mass is 10.0. The van der Waals surface area contributed by atoms with Crippen molar-refractivity contribution in [1.29, 1.82) is 0 Å². The fourth-order valence-electron chi connectivity index (χ4n) is 2.45. The number of benzene rings is 1. The number of phenolic OH excluding ortho intramolecular Hbond substituents is 1. The molecule has 1 atom stereocenters. The highest BCUT2D eigenvalue weighted by Gasteiger charge is 2.26. The SMILES string of the molecule is CC(C)[C@@H](CO)Nc1c(Nc2cccc(C(=O)N(C)C)c2O)c(=O)c1=O. The van der Waals surface area contributed by atoms with Gasteiger partial charge in [-0.1, -0.05) is 19.9 Å². The summed E-state index contributed by atoms with van der Waals surface area (Å²) in [6.07, 6.45) is 0. The number of anilines is 3. The summed E-state index contributed by atoms with van der Waals surface area (Å²) in [4.78, 5) is 37.2. The van der Waals surface area contributed by atoms with Crippen molar-refractivity contribution in [3.63, 3.8) is 0 Å². The quantitative estimate of drug-likeness (QED) is 0.427. The number of rotatable bonds is 7. The van der Waals surface area contributed by atoms with Crippen molar-refractivity contribution in [3.05, 3.63) is 44.2 Å². The molecule has 26 heavy (non-hydrogen) atoms. The Labute approximate surface area is 150 Å². The van der Waals surface area contributed by atoms with Gasteiger partial charge in [-0.25, -0.2) is 0 Å². The fourth-order valence-corrected chi connectivity index (χ4v) is 2.45.